The maximum Gasteiger partial charge on any atom is 0.223 e. The average molecular weight is 256 g/mol. The molecule has 0 aliphatic heterocycles. The summed E-state index contributed by atoms with van der Waals surface area (Å²) >= 11 is 3.74. The lowest BCUT2D eigenvalue weighted by Crippen LogP contribution is -2.34. The van der Waals surface area contributed by atoms with Crippen molar-refractivity contribution < 1.29 is 0 Å². The maximum atomic E-state index is 4.17. The van der Waals surface area contributed by atoms with Crippen LogP contribution in [0.2, 0.25) is 0 Å². The minimum Gasteiger partial charge on any atom is -0.339 e. The summed E-state index contributed by atoms with van der Waals surface area (Å²) in [6.45, 7) is 0. The number of hydrogen-bond acceptors (Lipinski definition) is 3. The highest BCUT2D eigenvalue weighted by Crippen LogP contribution is 2.35. The van der Waals surface area contributed by atoms with Crippen LogP contribution >= 0.6 is 15.9 Å². The Labute approximate surface area is 92.5 Å². The molecule has 0 unspecified atom stereocenters. The van der Waals surface area contributed by atoms with E-state index < -0.39 is 0 Å². The fourth-order valence-electron chi connectivity index (χ4n) is 1.80. The highest BCUT2D eigenvalue weighted by molar-refractivity contribution is 9.10. The van der Waals surface area contributed by atoms with Gasteiger partial charge in [0.05, 0.1) is 4.45 Å². The Morgan fingerprint density at radius 3 is 2.43 bits per heavy atom. The molecule has 1 saturated carbocycles. The second kappa shape index (κ2) is 4.26. The SMILES string of the molecule is BrC1(Nc2ncccn2)CCCCC1. The summed E-state index contributed by atoms with van der Waals surface area (Å²) in [5.41, 5.74) is 0. The molecule has 1 aromatic heterocycles. The predicted octanol–water partition coefficient (Wildman–Crippen LogP) is 2.94. The largest absolute Gasteiger partial charge is 0.339 e. The van der Waals surface area contributed by atoms with Crippen molar-refractivity contribution in [3.05, 3.63) is 18.5 Å². The normalized spacial score (nSPS) is 20.4. The minimum absolute atomic E-state index is 0.0204. The van der Waals surface area contributed by atoms with E-state index in [0.29, 0.717) is 5.95 Å². The topological polar surface area (TPSA) is 37.8 Å². The number of nitrogens with one attached hydrogen (secondary N) is 1. The predicted molar refractivity (Wildman–Crippen MR) is 60.4 cm³/mol. The van der Waals surface area contributed by atoms with Crippen molar-refractivity contribution in [1.82, 2.24) is 9.97 Å². The molecule has 0 radical (unpaired) electrons. The highest BCUT2D eigenvalue weighted by atomic mass is 79.9. The molecule has 76 valence electrons. The third kappa shape index (κ3) is 2.44. The molecule has 0 saturated heterocycles. The van der Waals surface area contributed by atoms with Crippen LogP contribution in [0.3, 0.4) is 0 Å². The number of anilines is 1. The van der Waals surface area contributed by atoms with E-state index in [2.05, 4.69) is 31.2 Å². The smallest absolute Gasteiger partial charge is 0.223 e. The summed E-state index contributed by atoms with van der Waals surface area (Å²) in [6.07, 6.45) is 9.68. The Kier molecular flexibility index (Phi) is 3.01. The van der Waals surface area contributed by atoms with Gasteiger partial charge in [0.15, 0.2) is 0 Å². The number of halogens is 1. The Hall–Kier alpha value is -0.640. The van der Waals surface area contributed by atoms with Gasteiger partial charge >= 0.3 is 0 Å². The van der Waals surface area contributed by atoms with Gasteiger partial charge in [-0.25, -0.2) is 9.97 Å². The summed E-state index contributed by atoms with van der Waals surface area (Å²) in [7, 11) is 0. The molecule has 2 rings (SSSR count). The second-order valence-corrected chi connectivity index (χ2v) is 5.24. The Morgan fingerprint density at radius 2 is 1.79 bits per heavy atom. The van der Waals surface area contributed by atoms with Gasteiger partial charge < -0.3 is 5.32 Å². The van der Waals surface area contributed by atoms with Crippen LogP contribution in [-0.4, -0.2) is 14.4 Å². The van der Waals surface area contributed by atoms with E-state index in [-0.39, 0.29) is 4.45 Å². The molecule has 0 atom stereocenters. The lowest BCUT2D eigenvalue weighted by atomic mass is 9.95. The van der Waals surface area contributed by atoms with E-state index in [0.717, 1.165) is 12.8 Å². The van der Waals surface area contributed by atoms with Crippen LogP contribution in [0.1, 0.15) is 32.1 Å². The van der Waals surface area contributed by atoms with Gasteiger partial charge in [0, 0.05) is 12.4 Å². The number of rotatable bonds is 2. The summed E-state index contributed by atoms with van der Waals surface area (Å²) in [4.78, 5) is 8.33. The van der Waals surface area contributed by atoms with Crippen molar-refractivity contribution in [2.24, 2.45) is 0 Å². The first-order chi connectivity index (χ1) is 6.79. The zero-order valence-electron chi connectivity index (χ0n) is 8.04. The first-order valence-corrected chi connectivity index (χ1v) is 5.82. The molecular formula is C10H14BrN3. The summed E-state index contributed by atoms with van der Waals surface area (Å²) < 4.78 is 0.0204. The van der Waals surface area contributed by atoms with Gasteiger partial charge in [-0.1, -0.05) is 35.2 Å². The fraction of sp³-hybridized carbons (Fsp3) is 0.600. The monoisotopic (exact) mass is 255 g/mol. The van der Waals surface area contributed by atoms with Crippen LogP contribution in [0, 0.1) is 0 Å². The van der Waals surface area contributed by atoms with E-state index in [1.807, 2.05) is 6.07 Å². The van der Waals surface area contributed by atoms with E-state index in [9.17, 15) is 0 Å². The molecule has 1 heterocycles. The minimum atomic E-state index is 0.0204. The number of nitrogens with zero attached hydrogens (tertiary/aromatic N) is 2. The summed E-state index contributed by atoms with van der Waals surface area (Å²) in [5.74, 6) is 0.714. The molecule has 4 heteroatoms. The Bertz CT molecular complexity index is 283. The zero-order chi connectivity index (χ0) is 9.86. The van der Waals surface area contributed by atoms with Gasteiger partial charge in [0.2, 0.25) is 5.95 Å². The molecule has 1 N–H and O–H groups in total. The van der Waals surface area contributed by atoms with Crippen LogP contribution in [-0.2, 0) is 0 Å². The second-order valence-electron chi connectivity index (χ2n) is 3.72. The van der Waals surface area contributed by atoms with Crippen LogP contribution in [0.15, 0.2) is 18.5 Å². The molecule has 1 aromatic rings. The van der Waals surface area contributed by atoms with Gasteiger partial charge in [-0.15, -0.1) is 0 Å². The first-order valence-electron chi connectivity index (χ1n) is 5.03. The van der Waals surface area contributed by atoms with Gasteiger partial charge in [-0.3, -0.25) is 0 Å². The molecular weight excluding hydrogens is 242 g/mol. The zero-order valence-corrected chi connectivity index (χ0v) is 9.63. The molecule has 1 fully saturated rings. The number of alkyl halides is 1. The molecule has 0 bridgehead atoms. The van der Waals surface area contributed by atoms with E-state index in [4.69, 9.17) is 0 Å². The van der Waals surface area contributed by atoms with Crippen LogP contribution < -0.4 is 5.32 Å². The first kappa shape index (κ1) is 9.90. The van der Waals surface area contributed by atoms with Crippen molar-refractivity contribution >= 4 is 21.9 Å². The van der Waals surface area contributed by atoms with E-state index >= 15 is 0 Å². The molecule has 3 nitrogen and oxygen atoms in total. The third-order valence-electron chi connectivity index (χ3n) is 2.55. The van der Waals surface area contributed by atoms with Crippen LogP contribution in [0.25, 0.3) is 0 Å². The highest BCUT2D eigenvalue weighted by Gasteiger charge is 2.29. The van der Waals surface area contributed by atoms with Gasteiger partial charge in [-0.2, -0.15) is 0 Å². The molecule has 0 aromatic carbocycles. The molecule has 0 spiro atoms. The van der Waals surface area contributed by atoms with Gasteiger partial charge in [-0.05, 0) is 18.9 Å². The molecule has 1 aliphatic rings. The molecule has 14 heavy (non-hydrogen) atoms. The lowest BCUT2D eigenvalue weighted by Gasteiger charge is -2.32. The van der Waals surface area contributed by atoms with Crippen LogP contribution in [0.5, 0.6) is 0 Å². The Balaban J connectivity index is 2.02. The van der Waals surface area contributed by atoms with Crippen molar-refractivity contribution in [2.75, 3.05) is 5.32 Å². The number of aromatic nitrogens is 2. The standard InChI is InChI=1S/C10H14BrN3/c11-10(5-2-1-3-6-10)14-9-12-7-4-8-13-9/h4,7-8H,1-3,5-6H2,(H,12,13,14). The fourth-order valence-corrected chi connectivity index (χ4v) is 2.54. The quantitative estimate of drug-likeness (QED) is 0.653. The molecule has 1 aliphatic carbocycles. The van der Waals surface area contributed by atoms with Gasteiger partial charge in [0.25, 0.3) is 0 Å². The summed E-state index contributed by atoms with van der Waals surface area (Å²) in [6, 6.07) is 1.83. The third-order valence-corrected chi connectivity index (χ3v) is 3.54. The average Bonchev–Trinajstić information content (AvgIpc) is 2.19. The van der Waals surface area contributed by atoms with E-state index in [1.54, 1.807) is 12.4 Å². The lowest BCUT2D eigenvalue weighted by molar-refractivity contribution is 0.436. The van der Waals surface area contributed by atoms with Crippen molar-refractivity contribution in [3.8, 4) is 0 Å². The summed E-state index contributed by atoms with van der Waals surface area (Å²) in [5, 5.41) is 3.35. The van der Waals surface area contributed by atoms with Crippen LogP contribution in [0.4, 0.5) is 5.95 Å². The maximum absolute atomic E-state index is 4.17. The number of hydrogen-bond donors (Lipinski definition) is 1. The Morgan fingerprint density at radius 1 is 1.14 bits per heavy atom. The molecule has 0 amide bonds. The van der Waals surface area contributed by atoms with Crippen molar-refractivity contribution in [3.63, 3.8) is 0 Å². The van der Waals surface area contributed by atoms with Crippen molar-refractivity contribution in [1.29, 1.82) is 0 Å². The van der Waals surface area contributed by atoms with E-state index in [1.165, 1.54) is 19.3 Å². The van der Waals surface area contributed by atoms with Crippen molar-refractivity contribution in [2.45, 2.75) is 36.6 Å². The van der Waals surface area contributed by atoms with Gasteiger partial charge in [0.1, 0.15) is 0 Å².